The Morgan fingerprint density at radius 1 is 1.08 bits per heavy atom. The zero-order chi connectivity index (χ0) is 18.8. The van der Waals surface area contributed by atoms with Crippen LogP contribution in [-0.2, 0) is 11.3 Å². The molecule has 0 bridgehead atoms. The average Bonchev–Trinajstić information content (AvgIpc) is 3.01. The molecule has 0 amide bonds. The number of benzene rings is 2. The summed E-state index contributed by atoms with van der Waals surface area (Å²) in [7, 11) is 1.33. The van der Waals surface area contributed by atoms with Gasteiger partial charge in [-0.25, -0.2) is 9.78 Å². The van der Waals surface area contributed by atoms with E-state index in [4.69, 9.17) is 39.5 Å². The Bertz CT molecular complexity index is 966. The van der Waals surface area contributed by atoms with Gasteiger partial charge >= 0.3 is 5.97 Å². The predicted molar refractivity (Wildman–Crippen MR) is 105 cm³/mol. The van der Waals surface area contributed by atoms with Crippen molar-refractivity contribution in [3.8, 4) is 22.5 Å². The first-order valence-corrected chi connectivity index (χ1v) is 8.99. The molecule has 4 nitrogen and oxygen atoms in total. The largest absolute Gasteiger partial charge is 0.463 e. The normalized spacial score (nSPS) is 10.8. The number of rotatable bonds is 4. The smallest absolute Gasteiger partial charge is 0.374 e. The van der Waals surface area contributed by atoms with E-state index < -0.39 is 5.97 Å². The van der Waals surface area contributed by atoms with E-state index in [1.807, 2.05) is 19.1 Å². The van der Waals surface area contributed by atoms with Gasteiger partial charge in [0.1, 0.15) is 0 Å². The molecule has 0 fully saturated rings. The van der Waals surface area contributed by atoms with Crippen LogP contribution < -0.4 is 0 Å². The van der Waals surface area contributed by atoms with Crippen LogP contribution in [0.25, 0.3) is 22.5 Å². The number of esters is 1. The van der Waals surface area contributed by atoms with Crippen LogP contribution >= 0.6 is 34.8 Å². The summed E-state index contributed by atoms with van der Waals surface area (Å²) in [6, 6.07) is 12.5. The number of hydrogen-bond donors (Lipinski definition) is 0. The summed E-state index contributed by atoms with van der Waals surface area (Å²) in [4.78, 5) is 16.8. The van der Waals surface area contributed by atoms with Crippen molar-refractivity contribution >= 4 is 40.8 Å². The maximum atomic E-state index is 12.2. The van der Waals surface area contributed by atoms with Crippen molar-refractivity contribution < 1.29 is 9.53 Å². The van der Waals surface area contributed by atoms with Crippen LogP contribution in [0.2, 0.25) is 15.1 Å². The summed E-state index contributed by atoms with van der Waals surface area (Å²) >= 11 is 18.4. The topological polar surface area (TPSA) is 44.1 Å². The predicted octanol–water partition coefficient (Wildman–Crippen LogP) is 5.98. The fourth-order valence-corrected chi connectivity index (χ4v) is 3.40. The lowest BCUT2D eigenvalue weighted by atomic mass is 10.0. The molecule has 0 saturated carbocycles. The van der Waals surface area contributed by atoms with Crippen LogP contribution in [0.3, 0.4) is 0 Å². The van der Waals surface area contributed by atoms with Crippen LogP contribution in [0.15, 0.2) is 42.5 Å². The van der Waals surface area contributed by atoms with Gasteiger partial charge in [-0.3, -0.25) is 0 Å². The molecular formula is C19H15Cl3N2O2. The molecule has 1 aromatic heterocycles. The second-order valence-corrected chi connectivity index (χ2v) is 6.78. The number of aromatic nitrogens is 2. The Morgan fingerprint density at radius 2 is 1.73 bits per heavy atom. The fourth-order valence-electron chi connectivity index (χ4n) is 2.78. The Kier molecular flexibility index (Phi) is 5.56. The third kappa shape index (κ3) is 3.45. The van der Waals surface area contributed by atoms with Crippen LogP contribution in [0.4, 0.5) is 0 Å². The molecule has 2 aromatic carbocycles. The van der Waals surface area contributed by atoms with Crippen LogP contribution in [-0.4, -0.2) is 22.6 Å². The van der Waals surface area contributed by atoms with Crippen molar-refractivity contribution in [3.63, 3.8) is 0 Å². The van der Waals surface area contributed by atoms with E-state index in [2.05, 4.69) is 4.98 Å². The van der Waals surface area contributed by atoms with Gasteiger partial charge in [-0.1, -0.05) is 46.9 Å². The minimum atomic E-state index is -0.515. The summed E-state index contributed by atoms with van der Waals surface area (Å²) in [6.07, 6.45) is 0. The van der Waals surface area contributed by atoms with Crippen molar-refractivity contribution in [3.05, 3.63) is 63.4 Å². The van der Waals surface area contributed by atoms with E-state index in [1.165, 1.54) is 7.11 Å². The average molecular weight is 410 g/mol. The first-order chi connectivity index (χ1) is 12.5. The maximum absolute atomic E-state index is 12.2. The van der Waals surface area contributed by atoms with Gasteiger partial charge in [0.2, 0.25) is 5.82 Å². The van der Waals surface area contributed by atoms with E-state index >= 15 is 0 Å². The van der Waals surface area contributed by atoms with E-state index in [9.17, 15) is 4.79 Å². The lowest BCUT2D eigenvalue weighted by Gasteiger charge is -2.11. The zero-order valence-corrected chi connectivity index (χ0v) is 16.4. The highest BCUT2D eigenvalue weighted by Gasteiger charge is 2.25. The van der Waals surface area contributed by atoms with Crippen molar-refractivity contribution in [2.75, 3.05) is 7.11 Å². The summed E-state index contributed by atoms with van der Waals surface area (Å²) < 4.78 is 6.69. The van der Waals surface area contributed by atoms with Crippen LogP contribution in [0.1, 0.15) is 17.5 Å². The fraction of sp³-hybridized carbons (Fsp3) is 0.158. The number of nitrogens with zero attached hydrogens (tertiary/aromatic N) is 2. The Hall–Kier alpha value is -2.01. The van der Waals surface area contributed by atoms with Gasteiger partial charge in [0, 0.05) is 27.7 Å². The highest BCUT2D eigenvalue weighted by Crippen LogP contribution is 2.38. The van der Waals surface area contributed by atoms with Crippen molar-refractivity contribution in [2.24, 2.45) is 0 Å². The number of ether oxygens (including phenoxy) is 1. The summed E-state index contributed by atoms with van der Waals surface area (Å²) in [6.45, 7) is 2.46. The lowest BCUT2D eigenvalue weighted by molar-refractivity contribution is 0.0581. The second-order valence-electron chi connectivity index (χ2n) is 5.50. The Balaban J connectivity index is 2.33. The van der Waals surface area contributed by atoms with E-state index in [0.29, 0.717) is 32.9 Å². The third-order valence-electron chi connectivity index (χ3n) is 3.96. The maximum Gasteiger partial charge on any atom is 0.374 e. The lowest BCUT2D eigenvalue weighted by Crippen LogP contribution is -2.11. The molecule has 0 aliphatic carbocycles. The highest BCUT2D eigenvalue weighted by atomic mass is 35.5. The number of methoxy groups -OCH3 is 1. The van der Waals surface area contributed by atoms with Crippen molar-refractivity contribution in [1.29, 1.82) is 0 Å². The van der Waals surface area contributed by atoms with E-state index in [1.54, 1.807) is 34.9 Å². The van der Waals surface area contributed by atoms with Crippen LogP contribution in [0, 0.1) is 0 Å². The van der Waals surface area contributed by atoms with Gasteiger partial charge in [-0.2, -0.15) is 0 Å². The van der Waals surface area contributed by atoms with Crippen LogP contribution in [0.5, 0.6) is 0 Å². The Morgan fingerprint density at radius 3 is 2.31 bits per heavy atom. The molecule has 1 heterocycles. The van der Waals surface area contributed by atoms with Gasteiger partial charge in [0.05, 0.1) is 23.5 Å². The zero-order valence-electron chi connectivity index (χ0n) is 14.1. The molecule has 0 aliphatic heterocycles. The highest BCUT2D eigenvalue weighted by molar-refractivity contribution is 6.36. The molecule has 0 saturated heterocycles. The molecule has 26 heavy (non-hydrogen) atoms. The number of carbonyl (C=O) groups is 1. The molecule has 134 valence electrons. The number of hydrogen-bond acceptors (Lipinski definition) is 3. The SMILES string of the molecule is CCn1c(C(=O)OC)nc(-c2ccc(Cl)cc2Cl)c1-c1ccc(Cl)cc1. The number of imidazole rings is 1. The molecule has 0 atom stereocenters. The molecule has 3 rings (SSSR count). The number of carbonyl (C=O) groups excluding carboxylic acids is 1. The molecule has 0 unspecified atom stereocenters. The monoisotopic (exact) mass is 408 g/mol. The summed E-state index contributed by atoms with van der Waals surface area (Å²) in [5, 5.41) is 1.59. The second kappa shape index (κ2) is 7.70. The first-order valence-electron chi connectivity index (χ1n) is 7.86. The minimum Gasteiger partial charge on any atom is -0.463 e. The van der Waals surface area contributed by atoms with E-state index in [0.717, 1.165) is 11.3 Å². The molecular weight excluding hydrogens is 395 g/mol. The minimum absolute atomic E-state index is 0.209. The molecule has 7 heteroatoms. The van der Waals surface area contributed by atoms with Gasteiger partial charge in [-0.05, 0) is 37.3 Å². The summed E-state index contributed by atoms with van der Waals surface area (Å²) in [5.74, 6) is -0.306. The van der Waals surface area contributed by atoms with Crippen molar-refractivity contribution in [1.82, 2.24) is 9.55 Å². The molecule has 0 aliphatic rings. The molecule has 3 aromatic rings. The van der Waals surface area contributed by atoms with E-state index in [-0.39, 0.29) is 5.82 Å². The molecule has 0 radical (unpaired) electrons. The summed E-state index contributed by atoms with van der Waals surface area (Å²) in [5.41, 5.74) is 2.88. The third-order valence-corrected chi connectivity index (χ3v) is 4.76. The van der Waals surface area contributed by atoms with Gasteiger partial charge < -0.3 is 9.30 Å². The number of halogens is 3. The van der Waals surface area contributed by atoms with Gasteiger partial charge in [-0.15, -0.1) is 0 Å². The van der Waals surface area contributed by atoms with Gasteiger partial charge in [0.15, 0.2) is 0 Å². The molecule has 0 spiro atoms. The first kappa shape index (κ1) is 18.8. The quantitative estimate of drug-likeness (QED) is 0.498. The standard InChI is InChI=1S/C19H15Cl3N2O2/c1-3-24-17(11-4-6-12(20)7-5-11)16(23-18(24)19(25)26-2)14-9-8-13(21)10-15(14)22/h4-10H,3H2,1-2H3. The van der Waals surface area contributed by atoms with Crippen molar-refractivity contribution in [2.45, 2.75) is 13.5 Å². The molecule has 0 N–H and O–H groups in total. The van der Waals surface area contributed by atoms with Gasteiger partial charge in [0.25, 0.3) is 0 Å². The Labute approximate surface area is 166 Å².